The van der Waals surface area contributed by atoms with Crippen molar-refractivity contribution in [3.8, 4) is 5.75 Å². The Morgan fingerprint density at radius 3 is 2.47 bits per heavy atom. The molecule has 0 amide bonds. The molecular formula is C13H16ClFO2. The van der Waals surface area contributed by atoms with Gasteiger partial charge < -0.3 is 9.47 Å². The van der Waals surface area contributed by atoms with Crippen LogP contribution in [0.1, 0.15) is 26.3 Å². The molecule has 4 heteroatoms. The molecule has 0 atom stereocenters. The lowest BCUT2D eigenvalue weighted by Gasteiger charge is -2.28. The van der Waals surface area contributed by atoms with Gasteiger partial charge >= 0.3 is 0 Å². The quantitative estimate of drug-likeness (QED) is 0.808. The first-order valence-corrected chi connectivity index (χ1v) is 5.99. The molecule has 0 aliphatic carbocycles. The summed E-state index contributed by atoms with van der Waals surface area (Å²) in [4.78, 5) is 0. The van der Waals surface area contributed by atoms with Gasteiger partial charge in [0.1, 0.15) is 17.7 Å². The first-order valence-electron chi connectivity index (χ1n) is 5.62. The van der Waals surface area contributed by atoms with Crippen molar-refractivity contribution in [1.29, 1.82) is 0 Å². The van der Waals surface area contributed by atoms with Crippen molar-refractivity contribution in [1.82, 2.24) is 0 Å². The fourth-order valence-corrected chi connectivity index (χ4v) is 1.86. The van der Waals surface area contributed by atoms with E-state index in [1.165, 1.54) is 6.07 Å². The van der Waals surface area contributed by atoms with Crippen LogP contribution in [0.4, 0.5) is 4.39 Å². The van der Waals surface area contributed by atoms with E-state index < -0.39 is 0 Å². The molecule has 0 radical (unpaired) electrons. The minimum absolute atomic E-state index is 0.00705. The maximum absolute atomic E-state index is 13.9. The Balaban J connectivity index is 2.27. The maximum atomic E-state index is 13.9. The predicted octanol–water partition coefficient (Wildman–Crippen LogP) is 3.55. The van der Waals surface area contributed by atoms with Gasteiger partial charge in [-0.1, -0.05) is 32.4 Å². The summed E-state index contributed by atoms with van der Waals surface area (Å²) in [5.41, 5.74) is 0.325. The Morgan fingerprint density at radius 1 is 1.35 bits per heavy atom. The number of halogens is 2. The molecule has 94 valence electrons. The lowest BCUT2D eigenvalue weighted by molar-refractivity contribution is -0.0797. The van der Waals surface area contributed by atoms with Crippen molar-refractivity contribution in [3.05, 3.63) is 28.5 Å². The summed E-state index contributed by atoms with van der Waals surface area (Å²) in [6.45, 7) is 6.92. The zero-order valence-electron chi connectivity index (χ0n) is 10.2. The summed E-state index contributed by atoms with van der Waals surface area (Å²) < 4.78 is 24.5. The van der Waals surface area contributed by atoms with E-state index in [0.717, 1.165) is 0 Å². The van der Waals surface area contributed by atoms with E-state index in [1.54, 1.807) is 6.07 Å². The Morgan fingerprint density at radius 2 is 2.00 bits per heavy atom. The number of hydrogen-bond acceptors (Lipinski definition) is 2. The molecule has 1 aliphatic rings. The minimum atomic E-state index is -0.280. The second-order valence-electron chi connectivity index (χ2n) is 5.29. The van der Waals surface area contributed by atoms with E-state index in [4.69, 9.17) is 21.1 Å². The van der Waals surface area contributed by atoms with Crippen molar-refractivity contribution in [3.63, 3.8) is 0 Å². The molecule has 2 rings (SSSR count). The van der Waals surface area contributed by atoms with Gasteiger partial charge in [-0.15, -0.1) is 0 Å². The fourth-order valence-electron chi connectivity index (χ4n) is 1.66. The summed E-state index contributed by atoms with van der Waals surface area (Å²) in [5.74, 6) is 0.114. The van der Waals surface area contributed by atoms with Gasteiger partial charge in [-0.3, -0.25) is 0 Å². The zero-order valence-corrected chi connectivity index (χ0v) is 11.0. The van der Waals surface area contributed by atoms with Crippen LogP contribution in [-0.2, 0) is 10.2 Å². The Labute approximate surface area is 106 Å². The predicted molar refractivity (Wildman–Crippen MR) is 65.3 cm³/mol. The van der Waals surface area contributed by atoms with Gasteiger partial charge in [0.2, 0.25) is 0 Å². The number of rotatable bonds is 2. The largest absolute Gasteiger partial charge is 0.484 e. The minimum Gasteiger partial charge on any atom is -0.484 e. The summed E-state index contributed by atoms with van der Waals surface area (Å²) in [5, 5.41) is 0.447. The van der Waals surface area contributed by atoms with E-state index in [1.807, 2.05) is 20.8 Å². The highest BCUT2D eigenvalue weighted by atomic mass is 35.5. The molecule has 0 unspecified atom stereocenters. The highest BCUT2D eigenvalue weighted by molar-refractivity contribution is 6.32. The van der Waals surface area contributed by atoms with Crippen LogP contribution in [0.2, 0.25) is 5.02 Å². The van der Waals surface area contributed by atoms with Crippen molar-refractivity contribution < 1.29 is 13.9 Å². The Hall–Kier alpha value is -0.800. The first kappa shape index (κ1) is 12.7. The summed E-state index contributed by atoms with van der Waals surface area (Å²) in [7, 11) is 0. The van der Waals surface area contributed by atoms with Gasteiger partial charge in [-0.2, -0.15) is 0 Å². The van der Waals surface area contributed by atoms with Crippen LogP contribution in [0.15, 0.2) is 12.1 Å². The fraction of sp³-hybridized carbons (Fsp3) is 0.538. The average molecular weight is 259 g/mol. The molecule has 1 aromatic carbocycles. The Kier molecular flexibility index (Phi) is 3.32. The summed E-state index contributed by atoms with van der Waals surface area (Å²) in [6, 6.07) is 3.01. The molecule has 17 heavy (non-hydrogen) atoms. The third-order valence-electron chi connectivity index (χ3n) is 2.73. The van der Waals surface area contributed by atoms with Gasteiger partial charge in [0.05, 0.1) is 18.2 Å². The van der Waals surface area contributed by atoms with Crippen molar-refractivity contribution >= 4 is 11.6 Å². The molecule has 0 N–H and O–H groups in total. The highest BCUT2D eigenvalue weighted by Crippen LogP contribution is 2.34. The Bertz CT molecular complexity index is 422. The van der Waals surface area contributed by atoms with Crippen LogP contribution in [-0.4, -0.2) is 19.3 Å². The molecule has 1 heterocycles. The average Bonchev–Trinajstić information content (AvgIpc) is 2.14. The topological polar surface area (TPSA) is 18.5 Å². The third-order valence-corrected chi connectivity index (χ3v) is 3.03. The van der Waals surface area contributed by atoms with E-state index >= 15 is 0 Å². The zero-order chi connectivity index (χ0) is 12.6. The monoisotopic (exact) mass is 258 g/mol. The molecule has 0 aromatic heterocycles. The molecule has 1 fully saturated rings. The molecule has 2 nitrogen and oxygen atoms in total. The molecular weight excluding hydrogens is 243 g/mol. The molecule has 1 aromatic rings. The maximum Gasteiger partial charge on any atom is 0.145 e. The molecule has 1 saturated heterocycles. The first-order chi connectivity index (χ1) is 7.88. The van der Waals surface area contributed by atoms with Crippen LogP contribution in [0.3, 0.4) is 0 Å². The van der Waals surface area contributed by atoms with Gasteiger partial charge in [0.15, 0.2) is 0 Å². The molecule has 1 aliphatic heterocycles. The highest BCUT2D eigenvalue weighted by Gasteiger charge is 2.24. The van der Waals surface area contributed by atoms with E-state index in [0.29, 0.717) is 29.5 Å². The van der Waals surface area contributed by atoms with Crippen LogP contribution < -0.4 is 4.74 Å². The smallest absolute Gasteiger partial charge is 0.145 e. The number of hydrogen-bond donors (Lipinski definition) is 0. The molecule has 0 spiro atoms. The van der Waals surface area contributed by atoms with E-state index in [2.05, 4.69) is 0 Å². The van der Waals surface area contributed by atoms with Gasteiger partial charge in [-0.25, -0.2) is 4.39 Å². The van der Waals surface area contributed by atoms with Crippen molar-refractivity contribution in [2.75, 3.05) is 13.2 Å². The van der Waals surface area contributed by atoms with Crippen molar-refractivity contribution in [2.45, 2.75) is 32.3 Å². The second-order valence-corrected chi connectivity index (χ2v) is 5.70. The molecule has 0 bridgehead atoms. The molecule has 0 saturated carbocycles. The van der Waals surface area contributed by atoms with E-state index in [-0.39, 0.29) is 17.3 Å². The van der Waals surface area contributed by atoms with Crippen LogP contribution in [0, 0.1) is 5.82 Å². The van der Waals surface area contributed by atoms with Crippen LogP contribution >= 0.6 is 11.6 Å². The normalized spacial score (nSPS) is 16.8. The lowest BCUT2D eigenvalue weighted by Crippen LogP contribution is -2.38. The van der Waals surface area contributed by atoms with Crippen LogP contribution in [0.25, 0.3) is 0 Å². The number of ether oxygens (including phenoxy) is 2. The second kappa shape index (κ2) is 4.46. The summed E-state index contributed by atoms with van der Waals surface area (Å²) in [6.07, 6.45) is -0.00705. The van der Waals surface area contributed by atoms with E-state index in [9.17, 15) is 4.39 Å². The SMILES string of the molecule is CC(C)(C)c1cc(Cl)c(OC2COC2)cc1F. The number of benzene rings is 1. The van der Waals surface area contributed by atoms with Gasteiger partial charge in [-0.05, 0) is 17.0 Å². The van der Waals surface area contributed by atoms with Gasteiger partial charge in [0, 0.05) is 6.07 Å². The van der Waals surface area contributed by atoms with Crippen LogP contribution in [0.5, 0.6) is 5.75 Å². The van der Waals surface area contributed by atoms with Gasteiger partial charge in [0.25, 0.3) is 0 Å². The van der Waals surface area contributed by atoms with Crippen molar-refractivity contribution in [2.24, 2.45) is 0 Å². The summed E-state index contributed by atoms with van der Waals surface area (Å²) >= 11 is 6.10. The lowest BCUT2D eigenvalue weighted by atomic mass is 9.86. The third kappa shape index (κ3) is 2.72. The standard InChI is InChI=1S/C13H16ClFO2/c1-13(2,3)9-4-10(14)12(5-11(9)15)17-8-6-16-7-8/h4-5,8H,6-7H2,1-3H3.